The summed E-state index contributed by atoms with van der Waals surface area (Å²) in [4.78, 5) is 24.8. The summed E-state index contributed by atoms with van der Waals surface area (Å²) in [6.45, 7) is 8.09. The highest BCUT2D eigenvalue weighted by atomic mass is 32.2. The number of amides is 2. The molecular formula is C24H32N4O4S. The van der Waals surface area contributed by atoms with Crippen molar-refractivity contribution in [2.24, 2.45) is 5.92 Å². The Morgan fingerprint density at radius 2 is 1.48 bits per heavy atom. The number of nitrogens with one attached hydrogen (secondary N) is 3. The Hall–Kier alpha value is -2.91. The molecule has 0 aromatic heterocycles. The molecule has 8 nitrogen and oxygen atoms in total. The quantitative estimate of drug-likeness (QED) is 0.560. The van der Waals surface area contributed by atoms with Crippen LogP contribution in [-0.4, -0.2) is 44.2 Å². The summed E-state index contributed by atoms with van der Waals surface area (Å²) >= 11 is 0. The fourth-order valence-corrected chi connectivity index (χ4v) is 6.07. The molecule has 0 atom stereocenters. The maximum absolute atomic E-state index is 13.2. The number of rotatable bonds is 6. The van der Waals surface area contributed by atoms with E-state index in [1.54, 1.807) is 0 Å². The predicted octanol–water partition coefficient (Wildman–Crippen LogP) is 2.58. The number of nitrogens with zero attached hydrogens (tertiary/aromatic N) is 1. The molecule has 0 unspecified atom stereocenters. The van der Waals surface area contributed by atoms with E-state index in [0.717, 1.165) is 27.9 Å². The number of anilines is 1. The van der Waals surface area contributed by atoms with Crippen LogP contribution >= 0.6 is 0 Å². The summed E-state index contributed by atoms with van der Waals surface area (Å²) in [6, 6.07) is 11.4. The number of hydrogen-bond donors (Lipinski definition) is 3. The maximum atomic E-state index is 13.2. The largest absolute Gasteiger partial charge is 0.376 e. The summed E-state index contributed by atoms with van der Waals surface area (Å²) in [7, 11) is -3.63. The third-order valence-corrected chi connectivity index (χ3v) is 8.06. The number of piperidine rings is 1. The summed E-state index contributed by atoms with van der Waals surface area (Å²) in [6.07, 6.45) is 0.791. The van der Waals surface area contributed by atoms with Crippen molar-refractivity contribution in [3.63, 3.8) is 0 Å². The van der Waals surface area contributed by atoms with Crippen LogP contribution in [0.2, 0.25) is 0 Å². The number of hydrogen-bond acceptors (Lipinski definition) is 5. The number of benzene rings is 2. The molecule has 3 rings (SSSR count). The molecule has 2 amide bonds. The minimum Gasteiger partial charge on any atom is -0.376 e. The second-order valence-electron chi connectivity index (χ2n) is 8.66. The van der Waals surface area contributed by atoms with Crippen molar-refractivity contribution < 1.29 is 18.0 Å². The molecule has 1 fully saturated rings. The van der Waals surface area contributed by atoms with Gasteiger partial charge in [0.2, 0.25) is 15.9 Å². The van der Waals surface area contributed by atoms with Gasteiger partial charge in [-0.2, -0.15) is 4.31 Å². The number of aryl methyl sites for hydroxylation is 4. The topological polar surface area (TPSA) is 108 Å². The monoisotopic (exact) mass is 472 g/mol. The van der Waals surface area contributed by atoms with Gasteiger partial charge in [-0.05, 0) is 63.8 Å². The van der Waals surface area contributed by atoms with E-state index >= 15 is 0 Å². The zero-order chi connectivity index (χ0) is 24.2. The highest BCUT2D eigenvalue weighted by molar-refractivity contribution is 7.89. The van der Waals surface area contributed by atoms with Crippen molar-refractivity contribution in [3.8, 4) is 0 Å². The Kier molecular flexibility index (Phi) is 7.76. The summed E-state index contributed by atoms with van der Waals surface area (Å²) in [5, 5.41) is 2.99. The van der Waals surface area contributed by atoms with E-state index in [-0.39, 0.29) is 37.4 Å². The normalized spacial score (nSPS) is 15.2. The Labute approximate surface area is 195 Å². The second-order valence-corrected chi connectivity index (χ2v) is 10.5. The average molecular weight is 473 g/mol. The smallest absolute Gasteiger partial charge is 0.257 e. The van der Waals surface area contributed by atoms with Gasteiger partial charge in [0.15, 0.2) is 0 Å². The number of hydrazine groups is 1. The standard InChI is InChI=1S/C24H32N4O4S/c1-16-5-7-21(8-6-16)25-15-22(29)26-27-24(30)20-9-11-28(12-10-20)33(31,32)23-18(3)13-17(2)14-19(23)4/h5-8,13-14,20,25H,9-12,15H2,1-4H3,(H,26,29)(H,27,30). The maximum Gasteiger partial charge on any atom is 0.257 e. The van der Waals surface area contributed by atoms with Crippen molar-refractivity contribution in [3.05, 3.63) is 58.7 Å². The van der Waals surface area contributed by atoms with E-state index in [4.69, 9.17) is 0 Å². The predicted molar refractivity (Wildman–Crippen MR) is 128 cm³/mol. The molecule has 0 aliphatic carbocycles. The zero-order valence-electron chi connectivity index (χ0n) is 19.6. The lowest BCUT2D eigenvalue weighted by molar-refractivity contribution is -0.131. The van der Waals surface area contributed by atoms with Crippen molar-refractivity contribution in [1.82, 2.24) is 15.2 Å². The van der Waals surface area contributed by atoms with Crippen LogP contribution in [0.3, 0.4) is 0 Å². The van der Waals surface area contributed by atoms with Gasteiger partial charge in [0.25, 0.3) is 5.91 Å². The lowest BCUT2D eigenvalue weighted by atomic mass is 9.98. The fraction of sp³-hybridized carbons (Fsp3) is 0.417. The van der Waals surface area contributed by atoms with Crippen LogP contribution in [-0.2, 0) is 19.6 Å². The fourth-order valence-electron chi connectivity index (χ4n) is 4.19. The van der Waals surface area contributed by atoms with Crippen LogP contribution in [0.1, 0.15) is 35.1 Å². The molecule has 1 heterocycles. The Morgan fingerprint density at radius 1 is 0.909 bits per heavy atom. The first-order valence-corrected chi connectivity index (χ1v) is 12.5. The number of carbonyl (C=O) groups is 2. The molecule has 178 valence electrons. The molecule has 0 spiro atoms. The van der Waals surface area contributed by atoms with Gasteiger partial charge in [0.05, 0.1) is 11.4 Å². The Bertz CT molecular complexity index is 1100. The van der Waals surface area contributed by atoms with Gasteiger partial charge in [-0.3, -0.25) is 20.4 Å². The molecule has 0 saturated carbocycles. The molecule has 0 radical (unpaired) electrons. The van der Waals surface area contributed by atoms with Gasteiger partial charge < -0.3 is 5.32 Å². The highest BCUT2D eigenvalue weighted by Gasteiger charge is 2.33. The molecule has 2 aromatic rings. The molecule has 9 heteroatoms. The molecule has 2 aromatic carbocycles. The molecule has 1 aliphatic heterocycles. The van der Waals surface area contributed by atoms with Crippen LogP contribution in [0.4, 0.5) is 5.69 Å². The summed E-state index contributed by atoms with van der Waals surface area (Å²) in [5.41, 5.74) is 9.30. The minimum atomic E-state index is -3.63. The Morgan fingerprint density at radius 3 is 2.06 bits per heavy atom. The van der Waals surface area contributed by atoms with Gasteiger partial charge in [0, 0.05) is 24.7 Å². The van der Waals surface area contributed by atoms with Gasteiger partial charge in [-0.15, -0.1) is 0 Å². The SMILES string of the molecule is Cc1ccc(NCC(=O)NNC(=O)C2CCN(S(=O)(=O)c3c(C)cc(C)cc3C)CC2)cc1. The third kappa shape index (κ3) is 6.11. The first-order valence-electron chi connectivity index (χ1n) is 11.0. The number of sulfonamides is 1. The molecule has 1 saturated heterocycles. The van der Waals surface area contributed by atoms with E-state index in [0.29, 0.717) is 17.7 Å². The van der Waals surface area contributed by atoms with Crippen LogP contribution in [0, 0.1) is 33.6 Å². The number of carbonyl (C=O) groups excluding carboxylic acids is 2. The molecule has 33 heavy (non-hydrogen) atoms. The van der Waals surface area contributed by atoms with E-state index in [2.05, 4.69) is 16.2 Å². The summed E-state index contributed by atoms with van der Waals surface area (Å²) in [5.74, 6) is -1.03. The molecule has 1 aliphatic rings. The molecule has 3 N–H and O–H groups in total. The molecular weight excluding hydrogens is 440 g/mol. The van der Waals surface area contributed by atoms with Gasteiger partial charge in [-0.1, -0.05) is 35.4 Å². The highest BCUT2D eigenvalue weighted by Crippen LogP contribution is 2.28. The van der Waals surface area contributed by atoms with E-state index < -0.39 is 10.0 Å². The van der Waals surface area contributed by atoms with Crippen molar-refractivity contribution >= 4 is 27.5 Å². The Balaban J connectivity index is 1.48. The molecule has 0 bridgehead atoms. The van der Waals surface area contributed by atoms with Crippen molar-refractivity contribution in [1.29, 1.82) is 0 Å². The minimum absolute atomic E-state index is 0.0231. The third-order valence-electron chi connectivity index (χ3n) is 5.86. The lowest BCUT2D eigenvalue weighted by Gasteiger charge is -2.31. The van der Waals surface area contributed by atoms with Gasteiger partial charge in [-0.25, -0.2) is 8.42 Å². The average Bonchev–Trinajstić information content (AvgIpc) is 2.76. The van der Waals surface area contributed by atoms with Crippen molar-refractivity contribution in [2.45, 2.75) is 45.4 Å². The van der Waals surface area contributed by atoms with E-state index in [1.807, 2.05) is 64.1 Å². The van der Waals surface area contributed by atoms with Gasteiger partial charge >= 0.3 is 0 Å². The van der Waals surface area contributed by atoms with Crippen molar-refractivity contribution in [2.75, 3.05) is 25.0 Å². The zero-order valence-corrected chi connectivity index (χ0v) is 20.4. The lowest BCUT2D eigenvalue weighted by Crippen LogP contribution is -2.49. The summed E-state index contributed by atoms with van der Waals surface area (Å²) < 4.78 is 27.9. The van der Waals surface area contributed by atoms with Gasteiger partial charge in [0.1, 0.15) is 0 Å². The van der Waals surface area contributed by atoms with E-state index in [1.165, 1.54) is 4.31 Å². The first kappa shape index (κ1) is 24.7. The van der Waals surface area contributed by atoms with E-state index in [9.17, 15) is 18.0 Å². The van der Waals surface area contributed by atoms with Crippen LogP contribution in [0.15, 0.2) is 41.3 Å². The van der Waals surface area contributed by atoms with Crippen LogP contribution in [0.5, 0.6) is 0 Å². The van der Waals surface area contributed by atoms with Crippen LogP contribution < -0.4 is 16.2 Å². The second kappa shape index (κ2) is 10.4. The van der Waals surface area contributed by atoms with Crippen LogP contribution in [0.25, 0.3) is 0 Å². The first-order chi connectivity index (χ1) is 15.6.